The summed E-state index contributed by atoms with van der Waals surface area (Å²) in [5, 5.41) is 2.72. The zero-order chi connectivity index (χ0) is 11.3. The molecule has 0 fully saturated rings. The van der Waals surface area contributed by atoms with Crippen LogP contribution in [0.2, 0.25) is 0 Å². The van der Waals surface area contributed by atoms with Crippen LogP contribution < -0.4 is 10.9 Å². The van der Waals surface area contributed by atoms with Crippen LogP contribution in [-0.2, 0) is 18.4 Å². The van der Waals surface area contributed by atoms with E-state index in [-0.39, 0.29) is 11.5 Å². The Kier molecular flexibility index (Phi) is 4.09. The summed E-state index contributed by atoms with van der Waals surface area (Å²) < 4.78 is 1.50. The minimum atomic E-state index is -0.0608. The largest absolute Gasteiger partial charge is 0.352 e. The molecular weight excluding hydrogens is 192 g/mol. The minimum Gasteiger partial charge on any atom is -0.352 e. The molecule has 1 rings (SSSR count). The number of aromatic nitrogens is 1. The zero-order valence-electron chi connectivity index (χ0n) is 9.12. The van der Waals surface area contributed by atoms with Crippen molar-refractivity contribution in [3.63, 3.8) is 0 Å². The maximum absolute atomic E-state index is 11.6. The van der Waals surface area contributed by atoms with E-state index in [0.717, 1.165) is 6.42 Å². The van der Waals surface area contributed by atoms with E-state index in [2.05, 4.69) is 5.32 Å². The van der Waals surface area contributed by atoms with Crippen molar-refractivity contribution in [2.75, 3.05) is 0 Å². The molecule has 15 heavy (non-hydrogen) atoms. The highest BCUT2D eigenvalue weighted by molar-refractivity contribution is 5.75. The second kappa shape index (κ2) is 5.34. The van der Waals surface area contributed by atoms with E-state index >= 15 is 0 Å². The zero-order valence-corrected chi connectivity index (χ0v) is 9.12. The Morgan fingerprint density at radius 3 is 2.93 bits per heavy atom. The van der Waals surface area contributed by atoms with Gasteiger partial charge in [-0.25, -0.2) is 0 Å². The van der Waals surface area contributed by atoms with Crippen LogP contribution in [0.5, 0.6) is 0 Å². The fourth-order valence-corrected chi connectivity index (χ4v) is 1.30. The molecule has 0 saturated carbocycles. The average molecular weight is 208 g/mol. The number of hydrogen-bond donors (Lipinski definition) is 1. The molecule has 0 unspecified atom stereocenters. The van der Waals surface area contributed by atoms with E-state index in [1.807, 2.05) is 6.92 Å². The lowest BCUT2D eigenvalue weighted by atomic mass is 10.2. The molecule has 0 aliphatic heterocycles. The number of carbonyl (C=O) groups is 1. The van der Waals surface area contributed by atoms with E-state index in [1.165, 1.54) is 4.57 Å². The number of nitrogens with zero attached hydrogens (tertiary/aromatic N) is 1. The van der Waals surface area contributed by atoms with Gasteiger partial charge in [0.05, 0.1) is 0 Å². The Morgan fingerprint density at radius 2 is 2.27 bits per heavy atom. The Bertz CT molecular complexity index is 396. The number of nitrogens with one attached hydrogen (secondary N) is 1. The van der Waals surface area contributed by atoms with Gasteiger partial charge in [0.15, 0.2) is 0 Å². The summed E-state index contributed by atoms with van der Waals surface area (Å²) in [6.07, 6.45) is 3.02. The summed E-state index contributed by atoms with van der Waals surface area (Å²) in [5.74, 6) is -0.0107. The van der Waals surface area contributed by atoms with Crippen LogP contribution in [-0.4, -0.2) is 10.5 Å². The van der Waals surface area contributed by atoms with Crippen molar-refractivity contribution >= 4 is 5.91 Å². The standard InChI is InChI=1S/C11H16N2O2/c1-3-5-10(14)12-8-9-6-4-7-13(2)11(9)15/h4,6-7H,3,5,8H2,1-2H3,(H,12,14). The SMILES string of the molecule is CCCC(=O)NCc1cccn(C)c1=O. The molecule has 0 aliphatic carbocycles. The van der Waals surface area contributed by atoms with Crippen LogP contribution in [0.3, 0.4) is 0 Å². The molecule has 1 N–H and O–H groups in total. The van der Waals surface area contributed by atoms with Gasteiger partial charge >= 0.3 is 0 Å². The molecule has 0 saturated heterocycles. The molecule has 0 spiro atoms. The highest BCUT2D eigenvalue weighted by Gasteiger charge is 2.03. The Labute approximate surface area is 88.9 Å². The molecule has 4 heteroatoms. The van der Waals surface area contributed by atoms with Gasteiger partial charge in [0.1, 0.15) is 0 Å². The van der Waals surface area contributed by atoms with E-state index < -0.39 is 0 Å². The lowest BCUT2D eigenvalue weighted by Gasteiger charge is -2.05. The third-order valence-electron chi connectivity index (χ3n) is 2.16. The first-order valence-electron chi connectivity index (χ1n) is 5.06. The lowest BCUT2D eigenvalue weighted by Crippen LogP contribution is -2.28. The van der Waals surface area contributed by atoms with E-state index in [9.17, 15) is 9.59 Å². The van der Waals surface area contributed by atoms with Gasteiger partial charge in [0.2, 0.25) is 5.91 Å². The molecule has 1 aromatic heterocycles. The van der Waals surface area contributed by atoms with Crippen molar-refractivity contribution in [1.29, 1.82) is 0 Å². The van der Waals surface area contributed by atoms with Crippen LogP contribution in [0.15, 0.2) is 23.1 Å². The highest BCUT2D eigenvalue weighted by atomic mass is 16.1. The second-order valence-electron chi connectivity index (χ2n) is 3.48. The van der Waals surface area contributed by atoms with Gasteiger partial charge in [-0.2, -0.15) is 0 Å². The van der Waals surface area contributed by atoms with E-state index in [1.54, 1.807) is 25.4 Å². The monoisotopic (exact) mass is 208 g/mol. The average Bonchev–Trinajstić information content (AvgIpc) is 2.21. The molecule has 1 aromatic rings. The van der Waals surface area contributed by atoms with Crippen LogP contribution in [0.4, 0.5) is 0 Å². The van der Waals surface area contributed by atoms with E-state index in [0.29, 0.717) is 18.5 Å². The van der Waals surface area contributed by atoms with Crippen molar-refractivity contribution < 1.29 is 4.79 Å². The third-order valence-corrected chi connectivity index (χ3v) is 2.16. The van der Waals surface area contributed by atoms with Crippen molar-refractivity contribution in [3.8, 4) is 0 Å². The molecular formula is C11H16N2O2. The predicted molar refractivity (Wildman–Crippen MR) is 58.4 cm³/mol. The fourth-order valence-electron chi connectivity index (χ4n) is 1.30. The lowest BCUT2D eigenvalue weighted by molar-refractivity contribution is -0.121. The van der Waals surface area contributed by atoms with Gasteiger partial charge in [0.25, 0.3) is 5.56 Å². The van der Waals surface area contributed by atoms with Crippen molar-refractivity contribution in [3.05, 3.63) is 34.2 Å². The molecule has 0 aliphatic rings. The Hall–Kier alpha value is -1.58. The summed E-state index contributed by atoms with van der Waals surface area (Å²) in [6.45, 7) is 2.26. The Morgan fingerprint density at radius 1 is 1.53 bits per heavy atom. The fraction of sp³-hybridized carbons (Fsp3) is 0.455. The van der Waals surface area contributed by atoms with Gasteiger partial charge in [0, 0.05) is 31.8 Å². The number of hydrogen-bond acceptors (Lipinski definition) is 2. The van der Waals surface area contributed by atoms with Crippen LogP contribution >= 0.6 is 0 Å². The van der Waals surface area contributed by atoms with Gasteiger partial charge in [-0.15, -0.1) is 0 Å². The van der Waals surface area contributed by atoms with E-state index in [4.69, 9.17) is 0 Å². The maximum atomic E-state index is 11.6. The number of amides is 1. The van der Waals surface area contributed by atoms with Crippen molar-refractivity contribution in [1.82, 2.24) is 9.88 Å². The molecule has 4 nitrogen and oxygen atoms in total. The molecule has 1 amide bonds. The topological polar surface area (TPSA) is 51.1 Å². The summed E-state index contributed by atoms with van der Waals surface area (Å²) >= 11 is 0. The van der Waals surface area contributed by atoms with Crippen molar-refractivity contribution in [2.45, 2.75) is 26.3 Å². The van der Waals surface area contributed by atoms with Gasteiger partial charge in [-0.1, -0.05) is 13.0 Å². The molecule has 1 heterocycles. The van der Waals surface area contributed by atoms with Gasteiger partial charge in [-0.3, -0.25) is 9.59 Å². The first-order chi connectivity index (χ1) is 7.15. The normalized spacial score (nSPS) is 10.0. The van der Waals surface area contributed by atoms with Crippen molar-refractivity contribution in [2.24, 2.45) is 7.05 Å². The summed E-state index contributed by atoms with van der Waals surface area (Å²) in [5.41, 5.74) is 0.554. The van der Waals surface area contributed by atoms with Crippen LogP contribution in [0, 0.1) is 0 Å². The predicted octanol–water partition coefficient (Wildman–Crippen LogP) is 0.802. The molecule has 0 aromatic carbocycles. The highest BCUT2D eigenvalue weighted by Crippen LogP contribution is 1.92. The summed E-state index contributed by atoms with van der Waals surface area (Å²) in [4.78, 5) is 22.7. The number of carbonyl (C=O) groups excluding carboxylic acids is 1. The first kappa shape index (κ1) is 11.5. The molecule has 0 bridgehead atoms. The van der Waals surface area contributed by atoms with Crippen LogP contribution in [0.25, 0.3) is 0 Å². The number of pyridine rings is 1. The third kappa shape index (κ3) is 3.23. The first-order valence-corrected chi connectivity index (χ1v) is 5.06. The minimum absolute atomic E-state index is 0.0107. The summed E-state index contributed by atoms with van der Waals surface area (Å²) in [7, 11) is 1.69. The summed E-state index contributed by atoms with van der Waals surface area (Å²) in [6, 6.07) is 3.53. The second-order valence-corrected chi connectivity index (χ2v) is 3.48. The molecule has 0 radical (unpaired) electrons. The Balaban J connectivity index is 2.62. The number of rotatable bonds is 4. The van der Waals surface area contributed by atoms with Gasteiger partial charge in [-0.05, 0) is 12.5 Å². The molecule has 82 valence electrons. The maximum Gasteiger partial charge on any atom is 0.255 e. The number of aryl methyl sites for hydroxylation is 1. The quantitative estimate of drug-likeness (QED) is 0.795. The molecule has 0 atom stereocenters. The van der Waals surface area contributed by atoms with Crippen LogP contribution in [0.1, 0.15) is 25.3 Å². The van der Waals surface area contributed by atoms with Gasteiger partial charge < -0.3 is 9.88 Å². The smallest absolute Gasteiger partial charge is 0.255 e.